The Balaban J connectivity index is 1.47. The molecule has 25 heavy (non-hydrogen) atoms. The second-order valence-electron chi connectivity index (χ2n) is 6.94. The maximum atomic E-state index is 12.5. The van der Waals surface area contributed by atoms with Crippen LogP contribution in [0.5, 0.6) is 0 Å². The number of hydrogen-bond acceptors (Lipinski definition) is 3. The van der Waals surface area contributed by atoms with E-state index in [9.17, 15) is 9.59 Å². The van der Waals surface area contributed by atoms with Crippen LogP contribution in [0.4, 0.5) is 0 Å². The molecule has 1 spiro atoms. The Morgan fingerprint density at radius 3 is 2.60 bits per heavy atom. The van der Waals surface area contributed by atoms with Crippen LogP contribution >= 0.6 is 0 Å². The monoisotopic (exact) mass is 338 g/mol. The van der Waals surface area contributed by atoms with Gasteiger partial charge in [-0.3, -0.25) is 14.6 Å². The van der Waals surface area contributed by atoms with Gasteiger partial charge in [-0.15, -0.1) is 0 Å². The molecule has 6 nitrogen and oxygen atoms in total. The first-order valence-corrected chi connectivity index (χ1v) is 8.80. The highest BCUT2D eigenvalue weighted by Crippen LogP contribution is 2.40. The number of H-pyrrole nitrogens is 1. The molecule has 0 bridgehead atoms. The number of carbonyl (C=O) groups excluding carboxylic acids is 2. The number of likely N-dealkylation sites (tertiary alicyclic amines) is 2. The summed E-state index contributed by atoms with van der Waals surface area (Å²) in [4.78, 5) is 35.9. The second kappa shape index (κ2) is 6.35. The number of nitrogens with one attached hydrogen (secondary N) is 1. The summed E-state index contributed by atoms with van der Waals surface area (Å²) < 4.78 is 0. The van der Waals surface area contributed by atoms with E-state index < -0.39 is 0 Å². The topological polar surface area (TPSA) is 69.3 Å². The van der Waals surface area contributed by atoms with Crippen LogP contribution in [-0.4, -0.2) is 50.2 Å². The zero-order valence-electron chi connectivity index (χ0n) is 14.1. The zero-order chi connectivity index (χ0) is 17.3. The summed E-state index contributed by atoms with van der Waals surface area (Å²) in [6.45, 7) is 2.02. The molecule has 0 unspecified atom stereocenters. The van der Waals surface area contributed by atoms with Gasteiger partial charge in [0.05, 0.1) is 0 Å². The first-order valence-electron chi connectivity index (χ1n) is 8.80. The fraction of sp³-hybridized carbons (Fsp3) is 0.421. The van der Waals surface area contributed by atoms with E-state index in [1.165, 1.54) is 0 Å². The van der Waals surface area contributed by atoms with Crippen LogP contribution < -0.4 is 0 Å². The van der Waals surface area contributed by atoms with Crippen molar-refractivity contribution in [3.05, 3.63) is 54.1 Å². The molecule has 0 atom stereocenters. The van der Waals surface area contributed by atoms with Gasteiger partial charge in [0.15, 0.2) is 0 Å². The summed E-state index contributed by atoms with van der Waals surface area (Å²) in [7, 11) is 0. The Kier molecular flexibility index (Phi) is 4.03. The molecule has 0 saturated carbocycles. The Labute approximate surface area is 146 Å². The van der Waals surface area contributed by atoms with Gasteiger partial charge in [-0.2, -0.15) is 0 Å². The fourth-order valence-electron chi connectivity index (χ4n) is 4.08. The Morgan fingerprint density at radius 2 is 1.92 bits per heavy atom. The molecule has 2 fully saturated rings. The lowest BCUT2D eigenvalue weighted by Crippen LogP contribution is -2.53. The predicted octanol–water partition coefficient (Wildman–Crippen LogP) is 2.21. The van der Waals surface area contributed by atoms with Crippen molar-refractivity contribution in [2.75, 3.05) is 13.1 Å². The van der Waals surface area contributed by atoms with Crippen molar-refractivity contribution >= 4 is 11.8 Å². The van der Waals surface area contributed by atoms with E-state index in [4.69, 9.17) is 0 Å². The molecule has 2 aromatic rings. The van der Waals surface area contributed by atoms with Crippen molar-refractivity contribution in [2.45, 2.75) is 37.8 Å². The quantitative estimate of drug-likeness (QED) is 0.933. The number of amides is 2. The zero-order valence-corrected chi connectivity index (χ0v) is 14.1. The number of hydrogen-bond donors (Lipinski definition) is 1. The lowest BCUT2D eigenvalue weighted by atomic mass is 9.84. The summed E-state index contributed by atoms with van der Waals surface area (Å²) in [5.41, 5.74) is 1.63. The molecule has 2 amide bonds. The first-order chi connectivity index (χ1) is 12.2. The largest absolute Gasteiger partial charge is 0.357 e. The normalized spacial score (nSPS) is 19.6. The molecule has 2 saturated heterocycles. The van der Waals surface area contributed by atoms with E-state index in [1.807, 2.05) is 34.1 Å². The van der Waals surface area contributed by atoms with Crippen molar-refractivity contribution in [3.8, 4) is 0 Å². The van der Waals surface area contributed by atoms with E-state index in [0.717, 1.165) is 24.8 Å². The van der Waals surface area contributed by atoms with Crippen molar-refractivity contribution in [1.82, 2.24) is 19.8 Å². The minimum atomic E-state index is -0.104. The number of carbonyl (C=O) groups is 2. The van der Waals surface area contributed by atoms with Gasteiger partial charge < -0.3 is 14.8 Å². The average molecular weight is 338 g/mol. The van der Waals surface area contributed by atoms with Crippen molar-refractivity contribution in [2.24, 2.45) is 0 Å². The van der Waals surface area contributed by atoms with Gasteiger partial charge in [0.25, 0.3) is 5.91 Å². The molecule has 2 aliphatic rings. The Bertz CT molecular complexity index is 749. The van der Waals surface area contributed by atoms with E-state index >= 15 is 0 Å². The van der Waals surface area contributed by atoms with Crippen LogP contribution in [0.3, 0.4) is 0 Å². The van der Waals surface area contributed by atoms with Crippen molar-refractivity contribution in [3.63, 3.8) is 0 Å². The van der Waals surface area contributed by atoms with Gasteiger partial charge in [0.1, 0.15) is 5.69 Å². The molecule has 1 N–H and O–H groups in total. The molecule has 6 heteroatoms. The smallest absolute Gasteiger partial charge is 0.270 e. The molecule has 4 rings (SSSR count). The molecule has 0 radical (unpaired) electrons. The predicted molar refractivity (Wildman–Crippen MR) is 92.7 cm³/mol. The third-order valence-electron chi connectivity index (χ3n) is 5.58. The number of rotatable bonds is 3. The third kappa shape index (κ3) is 2.92. The number of pyridine rings is 1. The van der Waals surface area contributed by atoms with Gasteiger partial charge in [-0.25, -0.2) is 0 Å². The van der Waals surface area contributed by atoms with Crippen LogP contribution in [0.2, 0.25) is 0 Å². The molecule has 2 aliphatic heterocycles. The molecule has 4 heterocycles. The molecular weight excluding hydrogens is 316 g/mol. The fourth-order valence-corrected chi connectivity index (χ4v) is 4.08. The highest BCUT2D eigenvalue weighted by atomic mass is 16.2. The number of aromatic nitrogens is 2. The summed E-state index contributed by atoms with van der Waals surface area (Å²) in [6.07, 6.45) is 8.48. The number of aromatic amines is 1. The van der Waals surface area contributed by atoms with Gasteiger partial charge in [-0.05, 0) is 49.1 Å². The standard InChI is InChI=1S/C19H22N4O2/c24-17-3-6-19(23(17)14-15-4-10-20-11-5-15)7-12-22(13-8-19)18(25)16-2-1-9-21-16/h1-2,4-5,9-11,21H,3,6-8,12-14H2. The molecule has 0 aromatic carbocycles. The molecule has 0 aliphatic carbocycles. The third-order valence-corrected chi connectivity index (χ3v) is 5.58. The van der Waals surface area contributed by atoms with Crippen LogP contribution in [0.1, 0.15) is 41.7 Å². The summed E-state index contributed by atoms with van der Waals surface area (Å²) >= 11 is 0. The van der Waals surface area contributed by atoms with E-state index in [0.29, 0.717) is 31.7 Å². The van der Waals surface area contributed by atoms with Crippen LogP contribution in [-0.2, 0) is 11.3 Å². The summed E-state index contributed by atoms with van der Waals surface area (Å²) in [6, 6.07) is 7.57. The van der Waals surface area contributed by atoms with E-state index in [1.54, 1.807) is 18.6 Å². The van der Waals surface area contributed by atoms with Crippen LogP contribution in [0.25, 0.3) is 0 Å². The van der Waals surface area contributed by atoms with Crippen molar-refractivity contribution in [1.29, 1.82) is 0 Å². The lowest BCUT2D eigenvalue weighted by Gasteiger charge is -2.45. The van der Waals surface area contributed by atoms with E-state index in [2.05, 4.69) is 9.97 Å². The highest BCUT2D eigenvalue weighted by Gasteiger charge is 2.47. The minimum Gasteiger partial charge on any atom is -0.357 e. The summed E-state index contributed by atoms with van der Waals surface area (Å²) in [5.74, 6) is 0.269. The maximum Gasteiger partial charge on any atom is 0.270 e. The maximum absolute atomic E-state index is 12.5. The minimum absolute atomic E-state index is 0.0462. The SMILES string of the molecule is O=C(c1ccc[nH]1)N1CCC2(CCC(=O)N2Cc2ccncc2)CC1. The van der Waals surface area contributed by atoms with Crippen LogP contribution in [0, 0.1) is 0 Å². The lowest BCUT2D eigenvalue weighted by molar-refractivity contribution is -0.133. The summed E-state index contributed by atoms with van der Waals surface area (Å²) in [5, 5.41) is 0. The molecular formula is C19H22N4O2. The number of piperidine rings is 1. The van der Waals surface area contributed by atoms with Crippen LogP contribution in [0.15, 0.2) is 42.9 Å². The average Bonchev–Trinajstić information content (AvgIpc) is 3.28. The number of nitrogens with zero attached hydrogens (tertiary/aromatic N) is 3. The Morgan fingerprint density at radius 1 is 1.16 bits per heavy atom. The molecule has 2 aromatic heterocycles. The van der Waals surface area contributed by atoms with Gasteiger partial charge in [0, 0.05) is 50.2 Å². The highest BCUT2D eigenvalue weighted by molar-refractivity contribution is 5.92. The second-order valence-corrected chi connectivity index (χ2v) is 6.94. The first kappa shape index (κ1) is 15.9. The van der Waals surface area contributed by atoms with Gasteiger partial charge in [-0.1, -0.05) is 0 Å². The van der Waals surface area contributed by atoms with E-state index in [-0.39, 0.29) is 17.4 Å². The van der Waals surface area contributed by atoms with Crippen molar-refractivity contribution < 1.29 is 9.59 Å². The van der Waals surface area contributed by atoms with Gasteiger partial charge >= 0.3 is 0 Å². The Hall–Kier alpha value is -2.63. The van der Waals surface area contributed by atoms with Gasteiger partial charge in [0.2, 0.25) is 5.91 Å². The molecule has 130 valence electrons.